The van der Waals surface area contributed by atoms with Crippen LogP contribution in [0.5, 0.6) is 0 Å². The molecule has 0 N–H and O–H groups in total. The smallest absolute Gasteiger partial charge is 0.154 e. The van der Waals surface area contributed by atoms with E-state index in [4.69, 9.17) is 11.8 Å². The normalized spacial score (nSPS) is 11.1. The first-order valence-electron chi connectivity index (χ1n) is 2.69. The van der Waals surface area contributed by atoms with Gasteiger partial charge in [0.1, 0.15) is 5.88 Å². The molecule has 0 saturated carbocycles. The molecular weight excluding hydrogens is 162 g/mol. The van der Waals surface area contributed by atoms with Gasteiger partial charge < -0.3 is 0 Å². The van der Waals surface area contributed by atoms with Crippen LogP contribution in [0.1, 0.15) is 13.3 Å². The van der Waals surface area contributed by atoms with Gasteiger partial charge in [0, 0.05) is 6.54 Å². The summed E-state index contributed by atoms with van der Waals surface area (Å²) < 4.78 is 21.2. The van der Waals surface area contributed by atoms with Gasteiger partial charge in [-0.25, -0.2) is 12.8 Å². The molecule has 0 aliphatic heterocycles. The summed E-state index contributed by atoms with van der Waals surface area (Å²) in [6.45, 7) is 2.55. The molecule has 0 fully saturated rings. The molecule has 0 aromatic rings. The van der Waals surface area contributed by atoms with E-state index in [1.54, 1.807) is 0 Å². The molecule has 9 heavy (non-hydrogen) atoms. The van der Waals surface area contributed by atoms with E-state index in [1.165, 1.54) is 4.42 Å². The molecule has 0 atom stereocenters. The third-order valence-electron chi connectivity index (χ3n) is 0.735. The number of rotatable bonds is 4. The van der Waals surface area contributed by atoms with Crippen molar-refractivity contribution in [1.82, 2.24) is 4.42 Å². The largest absolute Gasteiger partial charge is 0.230 e. The van der Waals surface area contributed by atoms with Crippen molar-refractivity contribution in [3.63, 3.8) is 0 Å². The van der Waals surface area contributed by atoms with E-state index in [-0.39, 0.29) is 5.88 Å². The van der Waals surface area contributed by atoms with Gasteiger partial charge in [-0.05, 0) is 18.2 Å². The molecule has 0 rings (SSSR count). The van der Waals surface area contributed by atoms with Crippen LogP contribution in [-0.2, 0) is 10.7 Å². The Morgan fingerprint density at radius 1 is 1.56 bits per heavy atom. The van der Waals surface area contributed by atoms with E-state index in [0.29, 0.717) is 6.54 Å². The molecule has 0 saturated heterocycles. The molecular formula is C4H10ClNO2S. The van der Waals surface area contributed by atoms with E-state index >= 15 is 0 Å². The molecule has 0 unspecified atom stereocenters. The van der Waals surface area contributed by atoms with Crippen LogP contribution in [0, 0.1) is 0 Å². The van der Waals surface area contributed by atoms with Gasteiger partial charge in [-0.15, -0.1) is 0 Å². The molecule has 0 radical (unpaired) electrons. The van der Waals surface area contributed by atoms with E-state index in [0.717, 1.165) is 6.42 Å². The van der Waals surface area contributed by atoms with Gasteiger partial charge in [0.15, 0.2) is 10.7 Å². The fourth-order valence-electron chi connectivity index (χ4n) is 0.439. The van der Waals surface area contributed by atoms with Crippen molar-refractivity contribution in [2.45, 2.75) is 13.3 Å². The van der Waals surface area contributed by atoms with E-state index in [9.17, 15) is 8.42 Å². The first-order valence-corrected chi connectivity index (χ1v) is 4.39. The van der Waals surface area contributed by atoms with Gasteiger partial charge in [-0.3, -0.25) is 0 Å². The number of hydrogen-bond donors (Lipinski definition) is 1. The molecule has 0 amide bonds. The predicted octanol–water partition coefficient (Wildman–Crippen LogP) is 0.421. The quantitative estimate of drug-likeness (QED) is 0.492. The summed E-state index contributed by atoms with van der Waals surface area (Å²) in [6.07, 6.45) is 0.868. The summed E-state index contributed by atoms with van der Waals surface area (Å²) in [4.78, 5) is 0. The van der Waals surface area contributed by atoms with Gasteiger partial charge in [-0.2, -0.15) is 0 Å². The molecule has 0 aromatic carbocycles. The molecule has 0 aliphatic carbocycles. The second-order valence-corrected chi connectivity index (χ2v) is 3.09. The zero-order valence-corrected chi connectivity index (χ0v) is 6.86. The Bertz CT molecular complexity index is 129. The Hall–Kier alpha value is 0.200. The van der Waals surface area contributed by atoms with Crippen molar-refractivity contribution < 1.29 is 8.42 Å². The summed E-state index contributed by atoms with van der Waals surface area (Å²) in [7, 11) is -2.36. The molecule has 0 spiro atoms. The van der Waals surface area contributed by atoms with Gasteiger partial charge in [0.2, 0.25) is 0 Å². The molecule has 0 aliphatic rings. The van der Waals surface area contributed by atoms with E-state index < -0.39 is 10.7 Å². The fourth-order valence-corrected chi connectivity index (χ4v) is 1.26. The van der Waals surface area contributed by atoms with Crippen molar-refractivity contribution in [1.29, 1.82) is 0 Å². The van der Waals surface area contributed by atoms with Crippen LogP contribution in [0.2, 0.25) is 0 Å². The zero-order valence-electron chi connectivity index (χ0n) is 5.21. The van der Waals surface area contributed by atoms with Crippen molar-refractivity contribution in [2.24, 2.45) is 0 Å². The molecule has 0 aromatic heterocycles. The highest BCUT2D eigenvalue weighted by Gasteiger charge is 1.97. The zero-order chi connectivity index (χ0) is 7.28. The third-order valence-corrected chi connectivity index (χ3v) is 1.76. The van der Waals surface area contributed by atoms with E-state index in [1.807, 2.05) is 6.92 Å². The lowest BCUT2D eigenvalue weighted by molar-refractivity contribution is 0.505. The third kappa shape index (κ3) is 6.08. The van der Waals surface area contributed by atoms with Gasteiger partial charge in [0.25, 0.3) is 0 Å². The lowest BCUT2D eigenvalue weighted by atomic mass is 10.5. The molecule has 0 heterocycles. The predicted molar refractivity (Wildman–Crippen MR) is 38.0 cm³/mol. The minimum atomic E-state index is -2.36. The summed E-state index contributed by atoms with van der Waals surface area (Å²) in [5.74, 6) is -0.0509. The fraction of sp³-hybridized carbons (Fsp3) is 1.00. The summed E-state index contributed by atoms with van der Waals surface area (Å²) in [5.41, 5.74) is 0. The number of thiol groups is 1. The van der Waals surface area contributed by atoms with E-state index in [2.05, 4.69) is 0 Å². The summed E-state index contributed by atoms with van der Waals surface area (Å²) in [5, 5.41) is 0. The first kappa shape index (κ1) is 9.20. The van der Waals surface area contributed by atoms with Gasteiger partial charge in [0.05, 0.1) is 0 Å². The Kier molecular flexibility index (Phi) is 5.13. The van der Waals surface area contributed by atoms with Crippen LogP contribution in [0.3, 0.4) is 0 Å². The number of halogens is 1. The SMILES string of the molecule is CCCN(Cl)C[SH](=O)=O. The lowest BCUT2D eigenvalue weighted by Crippen LogP contribution is -2.14. The Morgan fingerprint density at radius 2 is 2.11 bits per heavy atom. The average molecular weight is 172 g/mol. The molecule has 5 heteroatoms. The first-order chi connectivity index (χ1) is 4.16. The van der Waals surface area contributed by atoms with Crippen LogP contribution in [0.15, 0.2) is 0 Å². The molecule has 3 nitrogen and oxygen atoms in total. The lowest BCUT2D eigenvalue weighted by Gasteiger charge is -2.05. The topological polar surface area (TPSA) is 37.4 Å². The molecule has 0 bridgehead atoms. The van der Waals surface area contributed by atoms with Crippen molar-refractivity contribution in [3.05, 3.63) is 0 Å². The Labute approximate surface area is 61.7 Å². The summed E-state index contributed by atoms with van der Waals surface area (Å²) >= 11 is 5.43. The number of hydrogen-bond acceptors (Lipinski definition) is 3. The highest BCUT2D eigenvalue weighted by Crippen LogP contribution is 1.93. The van der Waals surface area contributed by atoms with Crippen molar-refractivity contribution in [2.75, 3.05) is 12.4 Å². The van der Waals surface area contributed by atoms with Crippen molar-refractivity contribution >= 4 is 22.5 Å². The van der Waals surface area contributed by atoms with Gasteiger partial charge in [-0.1, -0.05) is 6.92 Å². The highest BCUT2D eigenvalue weighted by molar-refractivity contribution is 7.72. The van der Waals surface area contributed by atoms with Gasteiger partial charge >= 0.3 is 0 Å². The van der Waals surface area contributed by atoms with Crippen LogP contribution in [-0.4, -0.2) is 25.3 Å². The maximum absolute atomic E-state index is 10.00. The Morgan fingerprint density at radius 3 is 2.44 bits per heavy atom. The molecule has 56 valence electrons. The minimum Gasteiger partial charge on any atom is -0.230 e. The van der Waals surface area contributed by atoms with Crippen LogP contribution in [0.25, 0.3) is 0 Å². The van der Waals surface area contributed by atoms with Crippen LogP contribution in [0.4, 0.5) is 0 Å². The van der Waals surface area contributed by atoms with Crippen LogP contribution >= 0.6 is 11.8 Å². The van der Waals surface area contributed by atoms with Crippen molar-refractivity contribution in [3.8, 4) is 0 Å². The average Bonchev–Trinajstić information content (AvgIpc) is 1.63. The standard InChI is InChI=1S/C4H10ClNO2S/c1-2-3-6(5)4-9(7)8/h9H,2-4H2,1H3. The number of nitrogens with zero attached hydrogens (tertiary/aromatic N) is 1. The second kappa shape index (κ2) is 5.02. The monoisotopic (exact) mass is 171 g/mol. The highest BCUT2D eigenvalue weighted by atomic mass is 35.5. The minimum absolute atomic E-state index is 0.0509. The second-order valence-electron chi connectivity index (χ2n) is 1.66. The Balaban J connectivity index is 3.37. The van der Waals surface area contributed by atoms with Crippen LogP contribution < -0.4 is 0 Å². The maximum Gasteiger partial charge on any atom is 0.154 e. The summed E-state index contributed by atoms with van der Waals surface area (Å²) in [6, 6.07) is 0. The maximum atomic E-state index is 10.00.